The van der Waals surface area contributed by atoms with Crippen LogP contribution in [0.4, 0.5) is 0 Å². The van der Waals surface area contributed by atoms with Gasteiger partial charge in [0.25, 0.3) is 0 Å². The second kappa shape index (κ2) is 12.5. The third-order valence-electron chi connectivity index (χ3n) is 2.81. The maximum Gasteiger partial charge on any atom is 0.220 e. The van der Waals surface area contributed by atoms with Crippen LogP contribution in [0.3, 0.4) is 0 Å². The van der Waals surface area contributed by atoms with Crippen LogP contribution in [-0.4, -0.2) is 12.5 Å². The van der Waals surface area contributed by atoms with E-state index in [1.165, 1.54) is 44.9 Å². The van der Waals surface area contributed by atoms with Gasteiger partial charge in [-0.3, -0.25) is 4.79 Å². The summed E-state index contributed by atoms with van der Waals surface area (Å²) in [6, 6.07) is 0. The molecule has 0 bridgehead atoms. The van der Waals surface area contributed by atoms with Gasteiger partial charge in [-0.1, -0.05) is 44.9 Å². The Morgan fingerprint density at radius 1 is 0.875 bits per heavy atom. The Morgan fingerprint density at radius 3 is 1.75 bits per heavy atom. The van der Waals surface area contributed by atoms with E-state index in [2.05, 4.69) is 12.4 Å². The van der Waals surface area contributed by atoms with Gasteiger partial charge in [-0.05, 0) is 19.4 Å². The predicted molar refractivity (Wildman–Crippen MR) is 68.7 cm³/mol. The highest BCUT2D eigenvalue weighted by Crippen LogP contribution is 2.10. The summed E-state index contributed by atoms with van der Waals surface area (Å²) >= 11 is 0. The lowest BCUT2D eigenvalue weighted by Gasteiger charge is -2.02. The van der Waals surface area contributed by atoms with Crippen LogP contribution in [0.5, 0.6) is 0 Å². The Kier molecular flexibility index (Phi) is 12.1. The van der Waals surface area contributed by atoms with Crippen LogP contribution in [0.15, 0.2) is 0 Å². The molecule has 1 amide bonds. The zero-order valence-electron chi connectivity index (χ0n) is 10.5. The topological polar surface area (TPSA) is 55.1 Å². The fourth-order valence-electron chi connectivity index (χ4n) is 1.76. The number of hydrogen-bond acceptors (Lipinski definition) is 2. The molecule has 0 rings (SSSR count). The number of unbranched alkanes of at least 4 members (excludes halogenated alkanes) is 8. The monoisotopic (exact) mass is 227 g/mol. The van der Waals surface area contributed by atoms with Gasteiger partial charge in [0, 0.05) is 13.5 Å². The van der Waals surface area contributed by atoms with Gasteiger partial charge in [-0.2, -0.15) is 0 Å². The lowest BCUT2D eigenvalue weighted by Crippen LogP contribution is -2.14. The first-order valence-electron chi connectivity index (χ1n) is 6.57. The predicted octanol–water partition coefficient (Wildman–Crippen LogP) is 2.75. The van der Waals surface area contributed by atoms with Gasteiger partial charge in [0.1, 0.15) is 0 Å². The van der Waals surface area contributed by atoms with Crippen molar-refractivity contribution in [2.75, 3.05) is 6.54 Å². The van der Waals surface area contributed by atoms with Crippen molar-refractivity contribution in [3.05, 3.63) is 7.05 Å². The number of carbonyl (C=O) groups excluding carboxylic acids is 1. The number of nitrogens with one attached hydrogen (secondary N) is 1. The van der Waals surface area contributed by atoms with Gasteiger partial charge in [-0.15, -0.1) is 0 Å². The van der Waals surface area contributed by atoms with Crippen LogP contribution in [0.25, 0.3) is 0 Å². The van der Waals surface area contributed by atoms with E-state index in [-0.39, 0.29) is 5.91 Å². The van der Waals surface area contributed by atoms with Crippen LogP contribution in [0.1, 0.15) is 64.2 Å². The van der Waals surface area contributed by atoms with E-state index in [1.807, 2.05) is 0 Å². The zero-order chi connectivity index (χ0) is 12.1. The maximum atomic E-state index is 10.9. The van der Waals surface area contributed by atoms with Gasteiger partial charge in [0.05, 0.1) is 0 Å². The molecule has 0 aliphatic carbocycles. The molecule has 0 heterocycles. The van der Waals surface area contributed by atoms with Crippen LogP contribution in [-0.2, 0) is 4.79 Å². The molecule has 3 nitrogen and oxygen atoms in total. The minimum Gasteiger partial charge on any atom is -0.354 e. The molecule has 1 radical (unpaired) electrons. The number of nitrogens with two attached hydrogens (primary N) is 1. The number of rotatable bonds is 11. The van der Waals surface area contributed by atoms with Crippen molar-refractivity contribution in [3.63, 3.8) is 0 Å². The molecule has 0 aliphatic rings. The summed E-state index contributed by atoms with van der Waals surface area (Å²) in [5.41, 5.74) is 5.42. The first-order chi connectivity index (χ1) is 7.81. The van der Waals surface area contributed by atoms with Crippen molar-refractivity contribution in [2.24, 2.45) is 5.73 Å². The highest BCUT2D eigenvalue weighted by Gasteiger charge is 1.97. The summed E-state index contributed by atoms with van der Waals surface area (Å²) < 4.78 is 0. The SMILES string of the molecule is [CH2]NC(=O)CCCCCCCCCCCN. The average Bonchev–Trinajstić information content (AvgIpc) is 2.31. The molecular formula is C13H27N2O. The highest BCUT2D eigenvalue weighted by molar-refractivity contribution is 5.75. The summed E-state index contributed by atoms with van der Waals surface area (Å²) in [7, 11) is 3.34. The van der Waals surface area contributed by atoms with Crippen molar-refractivity contribution >= 4 is 5.91 Å². The van der Waals surface area contributed by atoms with Crippen LogP contribution in [0.2, 0.25) is 0 Å². The molecule has 0 saturated carbocycles. The van der Waals surface area contributed by atoms with E-state index in [0.717, 1.165) is 19.4 Å². The largest absolute Gasteiger partial charge is 0.354 e. The Hall–Kier alpha value is -0.570. The van der Waals surface area contributed by atoms with Gasteiger partial charge < -0.3 is 11.1 Å². The molecule has 3 N–H and O–H groups in total. The molecule has 0 atom stereocenters. The van der Waals surface area contributed by atoms with Crippen molar-refractivity contribution in [2.45, 2.75) is 64.2 Å². The summed E-state index contributed by atoms with van der Waals surface area (Å²) in [5, 5.41) is 2.40. The highest BCUT2D eigenvalue weighted by atomic mass is 16.1. The van der Waals surface area contributed by atoms with Crippen LogP contribution < -0.4 is 11.1 Å². The van der Waals surface area contributed by atoms with Crippen LogP contribution in [0, 0.1) is 7.05 Å². The molecule has 0 aromatic heterocycles. The molecule has 0 aromatic carbocycles. The summed E-state index contributed by atoms with van der Waals surface area (Å²) in [6.45, 7) is 0.828. The van der Waals surface area contributed by atoms with Gasteiger partial charge in [-0.25, -0.2) is 0 Å². The van der Waals surface area contributed by atoms with Crippen molar-refractivity contribution < 1.29 is 4.79 Å². The minimum atomic E-state index is 0.0572. The number of amides is 1. The van der Waals surface area contributed by atoms with Gasteiger partial charge in [0.2, 0.25) is 5.91 Å². The Labute approximate surface area is 100 Å². The van der Waals surface area contributed by atoms with Crippen molar-refractivity contribution in [3.8, 4) is 0 Å². The molecule has 0 spiro atoms. The fourth-order valence-corrected chi connectivity index (χ4v) is 1.76. The van der Waals surface area contributed by atoms with Crippen molar-refractivity contribution in [1.82, 2.24) is 5.32 Å². The fraction of sp³-hybridized carbons (Fsp3) is 0.846. The Balaban J connectivity index is 2.96. The van der Waals surface area contributed by atoms with Crippen LogP contribution >= 0.6 is 0 Å². The summed E-state index contributed by atoms with van der Waals surface area (Å²) in [6.07, 6.45) is 11.8. The van der Waals surface area contributed by atoms with E-state index >= 15 is 0 Å². The molecule has 0 aromatic rings. The Morgan fingerprint density at radius 2 is 1.31 bits per heavy atom. The van der Waals surface area contributed by atoms with E-state index in [0.29, 0.717) is 6.42 Å². The molecule has 0 saturated heterocycles. The first kappa shape index (κ1) is 15.4. The number of hydrogen-bond donors (Lipinski definition) is 2. The van der Waals surface area contributed by atoms with Gasteiger partial charge >= 0.3 is 0 Å². The Bertz CT molecular complexity index is 160. The smallest absolute Gasteiger partial charge is 0.220 e. The molecule has 16 heavy (non-hydrogen) atoms. The third-order valence-corrected chi connectivity index (χ3v) is 2.81. The lowest BCUT2D eigenvalue weighted by atomic mass is 10.1. The summed E-state index contributed by atoms with van der Waals surface area (Å²) in [4.78, 5) is 10.9. The zero-order valence-corrected chi connectivity index (χ0v) is 10.5. The first-order valence-corrected chi connectivity index (χ1v) is 6.57. The normalized spacial score (nSPS) is 10.4. The minimum absolute atomic E-state index is 0.0572. The number of carbonyl (C=O) groups is 1. The van der Waals surface area contributed by atoms with E-state index in [1.54, 1.807) is 0 Å². The lowest BCUT2D eigenvalue weighted by molar-refractivity contribution is -0.120. The molecular weight excluding hydrogens is 200 g/mol. The average molecular weight is 227 g/mol. The molecule has 0 unspecified atom stereocenters. The van der Waals surface area contributed by atoms with E-state index in [4.69, 9.17) is 5.73 Å². The maximum absolute atomic E-state index is 10.9. The molecule has 3 heteroatoms. The second-order valence-electron chi connectivity index (χ2n) is 4.32. The molecule has 0 fully saturated rings. The van der Waals surface area contributed by atoms with Gasteiger partial charge in [0.15, 0.2) is 0 Å². The molecule has 95 valence electrons. The summed E-state index contributed by atoms with van der Waals surface area (Å²) in [5.74, 6) is 0.0572. The standard InChI is InChI=1S/C13H27N2O/c1-15-13(16)11-9-7-5-3-2-4-6-8-10-12-14/h1-12,14H2,(H,15,16). The van der Waals surface area contributed by atoms with Crippen molar-refractivity contribution in [1.29, 1.82) is 0 Å². The van der Waals surface area contributed by atoms with E-state index in [9.17, 15) is 4.79 Å². The quantitative estimate of drug-likeness (QED) is 0.533. The molecule has 0 aliphatic heterocycles. The second-order valence-corrected chi connectivity index (χ2v) is 4.32. The van der Waals surface area contributed by atoms with E-state index < -0.39 is 0 Å². The third kappa shape index (κ3) is 11.5.